The second kappa shape index (κ2) is 4.45. The maximum absolute atomic E-state index is 5.89. The van der Waals surface area contributed by atoms with E-state index in [1.165, 1.54) is 0 Å². The molecule has 0 radical (unpaired) electrons. The molecule has 0 amide bonds. The van der Waals surface area contributed by atoms with Crippen molar-refractivity contribution in [2.45, 2.75) is 20.8 Å². The summed E-state index contributed by atoms with van der Waals surface area (Å²) in [6.45, 7) is 6.32. The summed E-state index contributed by atoms with van der Waals surface area (Å²) >= 11 is 0. The Morgan fingerprint density at radius 3 is 2.71 bits per heavy atom. The molecule has 2 rings (SSSR count). The Bertz CT molecular complexity index is 533. The average molecular weight is 232 g/mol. The minimum Gasteiger partial charge on any atom is -0.478 e. The van der Waals surface area contributed by atoms with Crippen LogP contribution in [0.3, 0.4) is 0 Å². The largest absolute Gasteiger partial charge is 0.478 e. The number of aromatic nitrogens is 3. The molecule has 0 bridgehead atoms. The molecular formula is C12H16N4O. The fraction of sp³-hybridized carbons (Fsp3) is 0.333. The third kappa shape index (κ3) is 2.08. The highest BCUT2D eigenvalue weighted by Crippen LogP contribution is 2.19. The van der Waals surface area contributed by atoms with Crippen molar-refractivity contribution in [1.82, 2.24) is 14.8 Å². The Balaban J connectivity index is 2.45. The van der Waals surface area contributed by atoms with Crippen LogP contribution in [0.4, 0.5) is 5.69 Å². The smallest absolute Gasteiger partial charge is 0.215 e. The van der Waals surface area contributed by atoms with Crippen molar-refractivity contribution in [2.75, 3.05) is 12.3 Å². The Morgan fingerprint density at radius 2 is 2.12 bits per heavy atom. The van der Waals surface area contributed by atoms with Crippen molar-refractivity contribution in [2.24, 2.45) is 0 Å². The highest BCUT2D eigenvalue weighted by Gasteiger charge is 2.10. The molecule has 0 saturated heterocycles. The molecule has 0 aliphatic heterocycles. The van der Waals surface area contributed by atoms with E-state index in [4.69, 9.17) is 10.5 Å². The van der Waals surface area contributed by atoms with Crippen LogP contribution in [0.5, 0.6) is 5.88 Å². The number of nitrogens with zero attached hydrogens (tertiary/aromatic N) is 3. The van der Waals surface area contributed by atoms with Gasteiger partial charge in [0.2, 0.25) is 5.88 Å². The van der Waals surface area contributed by atoms with Gasteiger partial charge in [0.15, 0.2) is 5.82 Å². The van der Waals surface area contributed by atoms with Crippen LogP contribution in [-0.2, 0) is 0 Å². The predicted octanol–water partition coefficient (Wildman–Crippen LogP) is 1.87. The van der Waals surface area contributed by atoms with Crippen LogP contribution in [0.25, 0.3) is 5.82 Å². The fourth-order valence-electron chi connectivity index (χ4n) is 1.63. The van der Waals surface area contributed by atoms with E-state index in [1.807, 2.05) is 39.0 Å². The number of pyridine rings is 1. The topological polar surface area (TPSA) is 66.0 Å². The lowest BCUT2D eigenvalue weighted by Gasteiger charge is -2.06. The van der Waals surface area contributed by atoms with Gasteiger partial charge in [-0.1, -0.05) is 6.07 Å². The number of nitrogens with two attached hydrogens (primary N) is 1. The van der Waals surface area contributed by atoms with E-state index >= 15 is 0 Å². The molecule has 0 saturated carbocycles. The van der Waals surface area contributed by atoms with Crippen molar-refractivity contribution in [3.63, 3.8) is 0 Å². The summed E-state index contributed by atoms with van der Waals surface area (Å²) in [6.07, 6.45) is 0. The van der Waals surface area contributed by atoms with Gasteiger partial charge < -0.3 is 10.5 Å². The minimum absolute atomic E-state index is 0.593. The molecule has 17 heavy (non-hydrogen) atoms. The molecule has 5 heteroatoms. The van der Waals surface area contributed by atoms with Gasteiger partial charge in [-0.15, -0.1) is 0 Å². The zero-order valence-corrected chi connectivity index (χ0v) is 10.3. The number of rotatable bonds is 3. The molecule has 90 valence electrons. The molecule has 2 aromatic heterocycles. The highest BCUT2D eigenvalue weighted by molar-refractivity contribution is 5.49. The van der Waals surface area contributed by atoms with Crippen molar-refractivity contribution >= 4 is 5.69 Å². The number of anilines is 1. The summed E-state index contributed by atoms with van der Waals surface area (Å²) in [5, 5.41) is 4.35. The van der Waals surface area contributed by atoms with Crippen molar-refractivity contribution in [1.29, 1.82) is 0 Å². The molecule has 0 atom stereocenters. The summed E-state index contributed by atoms with van der Waals surface area (Å²) in [4.78, 5) is 4.37. The second-order valence-corrected chi connectivity index (χ2v) is 3.76. The lowest BCUT2D eigenvalue weighted by molar-refractivity contribution is 0.326. The third-order valence-corrected chi connectivity index (χ3v) is 2.57. The summed E-state index contributed by atoms with van der Waals surface area (Å²) in [6, 6.07) is 5.59. The van der Waals surface area contributed by atoms with E-state index in [0.717, 1.165) is 11.4 Å². The van der Waals surface area contributed by atoms with Gasteiger partial charge in [0, 0.05) is 6.07 Å². The van der Waals surface area contributed by atoms with Crippen molar-refractivity contribution < 1.29 is 4.74 Å². The van der Waals surface area contributed by atoms with E-state index in [1.54, 1.807) is 4.68 Å². The van der Waals surface area contributed by atoms with Crippen LogP contribution >= 0.6 is 0 Å². The van der Waals surface area contributed by atoms with Gasteiger partial charge in [0.25, 0.3) is 0 Å². The molecule has 0 spiro atoms. The molecule has 0 fully saturated rings. The van der Waals surface area contributed by atoms with Gasteiger partial charge in [-0.2, -0.15) is 10.1 Å². The van der Waals surface area contributed by atoms with Gasteiger partial charge in [0.1, 0.15) is 0 Å². The lowest BCUT2D eigenvalue weighted by atomic mass is 10.3. The first kappa shape index (κ1) is 11.4. The average Bonchev–Trinajstić information content (AvgIpc) is 2.58. The fourth-order valence-corrected chi connectivity index (χ4v) is 1.63. The first-order chi connectivity index (χ1) is 8.13. The molecule has 2 N–H and O–H groups in total. The van der Waals surface area contributed by atoms with Crippen molar-refractivity contribution in [3.05, 3.63) is 29.6 Å². The van der Waals surface area contributed by atoms with Crippen LogP contribution < -0.4 is 10.5 Å². The second-order valence-electron chi connectivity index (χ2n) is 3.76. The zero-order chi connectivity index (χ0) is 12.4. The van der Waals surface area contributed by atoms with Crippen LogP contribution in [0.2, 0.25) is 0 Å². The van der Waals surface area contributed by atoms with E-state index in [0.29, 0.717) is 24.0 Å². The number of nitrogen functional groups attached to an aromatic ring is 1. The quantitative estimate of drug-likeness (QED) is 0.877. The molecule has 2 heterocycles. The van der Waals surface area contributed by atoms with E-state index in [-0.39, 0.29) is 0 Å². The standard InChI is InChI=1S/C12H16N4O/c1-4-17-11-7-5-6-10(14-11)16-9(3)12(13)8(2)15-16/h5-7H,4,13H2,1-3H3. The number of aryl methyl sites for hydroxylation is 1. The first-order valence-electron chi connectivity index (χ1n) is 5.55. The minimum atomic E-state index is 0.593. The maximum atomic E-state index is 5.89. The third-order valence-electron chi connectivity index (χ3n) is 2.57. The van der Waals surface area contributed by atoms with Crippen molar-refractivity contribution in [3.8, 4) is 11.7 Å². The van der Waals surface area contributed by atoms with Gasteiger partial charge in [-0.25, -0.2) is 4.68 Å². The van der Waals surface area contributed by atoms with E-state index in [2.05, 4.69) is 10.1 Å². The maximum Gasteiger partial charge on any atom is 0.215 e. The summed E-state index contributed by atoms with van der Waals surface area (Å²) in [5.74, 6) is 1.31. The monoisotopic (exact) mass is 232 g/mol. The van der Waals surface area contributed by atoms with Crippen LogP contribution in [0.1, 0.15) is 18.3 Å². The van der Waals surface area contributed by atoms with E-state index in [9.17, 15) is 0 Å². The molecular weight excluding hydrogens is 216 g/mol. The first-order valence-corrected chi connectivity index (χ1v) is 5.55. The summed E-state index contributed by atoms with van der Waals surface area (Å²) in [7, 11) is 0. The van der Waals surface area contributed by atoms with Crippen LogP contribution in [-0.4, -0.2) is 21.4 Å². The molecule has 0 aromatic carbocycles. The van der Waals surface area contributed by atoms with Gasteiger partial charge in [0.05, 0.1) is 23.7 Å². The Labute approximate surface area is 100 Å². The molecule has 0 unspecified atom stereocenters. The number of hydrogen-bond donors (Lipinski definition) is 1. The number of ether oxygens (including phenoxy) is 1. The van der Waals surface area contributed by atoms with Crippen LogP contribution in [0, 0.1) is 13.8 Å². The molecule has 0 aliphatic rings. The van der Waals surface area contributed by atoms with Gasteiger partial charge in [-0.3, -0.25) is 0 Å². The number of hydrogen-bond acceptors (Lipinski definition) is 4. The Kier molecular flexibility index (Phi) is 2.99. The summed E-state index contributed by atoms with van der Waals surface area (Å²) < 4.78 is 7.09. The van der Waals surface area contributed by atoms with E-state index < -0.39 is 0 Å². The Morgan fingerprint density at radius 1 is 1.35 bits per heavy atom. The van der Waals surface area contributed by atoms with Gasteiger partial charge >= 0.3 is 0 Å². The van der Waals surface area contributed by atoms with Crippen LogP contribution in [0.15, 0.2) is 18.2 Å². The Hall–Kier alpha value is -2.04. The molecule has 0 aliphatic carbocycles. The highest BCUT2D eigenvalue weighted by atomic mass is 16.5. The summed E-state index contributed by atoms with van der Waals surface area (Å²) in [5.41, 5.74) is 8.30. The SMILES string of the molecule is CCOc1cccc(-n2nc(C)c(N)c2C)n1. The lowest BCUT2D eigenvalue weighted by Crippen LogP contribution is -2.04. The molecule has 2 aromatic rings. The zero-order valence-electron chi connectivity index (χ0n) is 10.3. The predicted molar refractivity (Wildman–Crippen MR) is 66.4 cm³/mol. The normalized spacial score (nSPS) is 10.5. The molecule has 5 nitrogen and oxygen atoms in total. The van der Waals surface area contributed by atoms with Gasteiger partial charge in [-0.05, 0) is 26.8 Å².